The highest BCUT2D eigenvalue weighted by Crippen LogP contribution is 2.38. The molecule has 0 spiro atoms. The molecule has 1 amide bonds. The first-order valence-electron chi connectivity index (χ1n) is 10.5. The number of nitrogens with zero attached hydrogens (tertiary/aromatic N) is 3. The first kappa shape index (κ1) is 26.8. The molecule has 2 atom stereocenters. The molecule has 3 aromatic carbocycles. The van der Waals surface area contributed by atoms with Crippen LogP contribution in [0.5, 0.6) is 0 Å². The Hall–Kier alpha value is -3.25. The van der Waals surface area contributed by atoms with Crippen LogP contribution in [0, 0.1) is 0 Å². The van der Waals surface area contributed by atoms with Gasteiger partial charge in [-0.1, -0.05) is 35.3 Å². The number of hydrogen-bond acceptors (Lipinski definition) is 5. The molecule has 192 valence electrons. The number of nitrogens with one attached hydrogen (secondary N) is 1. The number of para-hydroxylation sites is 1. The maximum atomic E-state index is 13.6. The summed E-state index contributed by atoms with van der Waals surface area (Å²) in [6.07, 6.45) is -2.10. The van der Waals surface area contributed by atoms with Crippen molar-refractivity contribution >= 4 is 62.8 Å². The molecule has 0 aliphatic rings. The van der Waals surface area contributed by atoms with E-state index in [2.05, 4.69) is 15.3 Å². The van der Waals surface area contributed by atoms with Gasteiger partial charge in [0.1, 0.15) is 5.52 Å². The summed E-state index contributed by atoms with van der Waals surface area (Å²) >= 11 is 9.00. The summed E-state index contributed by atoms with van der Waals surface area (Å²) in [5.41, 5.74) is -1.15. The predicted octanol–water partition coefficient (Wildman–Crippen LogP) is 6.38. The van der Waals surface area contributed by atoms with E-state index in [9.17, 15) is 26.7 Å². The van der Waals surface area contributed by atoms with Crippen molar-refractivity contribution in [3.05, 3.63) is 93.7 Å². The van der Waals surface area contributed by atoms with Crippen LogP contribution >= 0.6 is 23.2 Å². The fraction of sp³-hybridized carbons (Fsp3) is 0.125. The fourth-order valence-electron chi connectivity index (χ4n) is 3.70. The standard InChI is InChI=1S/C24H17Cl2F3N4O3S/c1-13(16-8-6-15(25)12-18(16)26)32-23(34)17-7-5-14(24(27,28)29)11-21(17)33(37(35)36)20-4-2-3-19-22(20)31-10-9-30-19/h2-13H,1H3,(H,32,34)(H,35,36)/p-1. The SMILES string of the molecule is CC(NC(=O)c1ccc(C(F)(F)F)cc1N(c1cccc2nccnc12)S(=O)[O-])c1ccc(Cl)cc1Cl. The molecule has 0 aliphatic carbocycles. The number of amides is 1. The van der Waals surface area contributed by atoms with Crippen molar-refractivity contribution in [2.45, 2.75) is 19.1 Å². The first-order chi connectivity index (χ1) is 17.5. The number of halogens is 5. The molecular weight excluding hydrogens is 552 g/mol. The normalized spacial score (nSPS) is 13.3. The smallest absolute Gasteiger partial charge is 0.416 e. The molecule has 1 N–H and O–H groups in total. The van der Waals surface area contributed by atoms with E-state index in [1.165, 1.54) is 30.6 Å². The van der Waals surface area contributed by atoms with Crippen molar-refractivity contribution < 1.29 is 26.7 Å². The van der Waals surface area contributed by atoms with E-state index in [1.54, 1.807) is 25.1 Å². The lowest BCUT2D eigenvalue weighted by molar-refractivity contribution is -0.137. The van der Waals surface area contributed by atoms with Crippen LogP contribution in [0.2, 0.25) is 10.0 Å². The molecule has 1 aromatic heterocycles. The minimum absolute atomic E-state index is 0.0823. The van der Waals surface area contributed by atoms with Gasteiger partial charge in [-0.25, -0.2) is 0 Å². The summed E-state index contributed by atoms with van der Waals surface area (Å²) in [6, 6.07) is 10.6. The number of anilines is 2. The van der Waals surface area contributed by atoms with Crippen LogP contribution in [0.4, 0.5) is 24.5 Å². The molecule has 0 saturated carbocycles. The van der Waals surface area contributed by atoms with Gasteiger partial charge in [-0.05, 0) is 55.0 Å². The molecule has 0 aliphatic heterocycles. The number of carbonyl (C=O) groups is 1. The lowest BCUT2D eigenvalue weighted by atomic mass is 10.0. The van der Waals surface area contributed by atoms with Gasteiger partial charge in [0.15, 0.2) is 0 Å². The Morgan fingerprint density at radius 1 is 1.05 bits per heavy atom. The highest BCUT2D eigenvalue weighted by molar-refractivity contribution is 7.81. The van der Waals surface area contributed by atoms with Crippen LogP contribution in [-0.4, -0.2) is 24.6 Å². The molecule has 1 heterocycles. The Morgan fingerprint density at radius 2 is 1.78 bits per heavy atom. The van der Waals surface area contributed by atoms with Gasteiger partial charge in [0.25, 0.3) is 5.91 Å². The second kappa shape index (κ2) is 10.6. The molecule has 0 radical (unpaired) electrons. The van der Waals surface area contributed by atoms with E-state index in [0.29, 0.717) is 32.5 Å². The molecule has 0 fully saturated rings. The maximum absolute atomic E-state index is 13.6. The van der Waals surface area contributed by atoms with Crippen molar-refractivity contribution in [1.82, 2.24) is 15.3 Å². The Bertz CT molecular complexity index is 1520. The number of aromatic nitrogens is 2. The van der Waals surface area contributed by atoms with E-state index in [4.69, 9.17) is 23.2 Å². The lowest BCUT2D eigenvalue weighted by Crippen LogP contribution is -2.30. The van der Waals surface area contributed by atoms with Crippen LogP contribution in [0.25, 0.3) is 11.0 Å². The summed E-state index contributed by atoms with van der Waals surface area (Å²) in [7, 11) is 0. The van der Waals surface area contributed by atoms with Crippen molar-refractivity contribution in [3.63, 3.8) is 0 Å². The maximum Gasteiger partial charge on any atom is 0.416 e. The average molecular weight is 568 g/mol. The van der Waals surface area contributed by atoms with Gasteiger partial charge in [0.2, 0.25) is 0 Å². The van der Waals surface area contributed by atoms with Crippen molar-refractivity contribution in [2.24, 2.45) is 0 Å². The summed E-state index contributed by atoms with van der Waals surface area (Å²) in [5.74, 6) is -0.830. The van der Waals surface area contributed by atoms with Gasteiger partial charge >= 0.3 is 6.18 Å². The summed E-state index contributed by atoms with van der Waals surface area (Å²) in [4.78, 5) is 21.5. The van der Waals surface area contributed by atoms with E-state index in [0.717, 1.165) is 6.07 Å². The Labute approximate surface area is 221 Å². The van der Waals surface area contributed by atoms with Crippen molar-refractivity contribution in [1.29, 1.82) is 0 Å². The zero-order valence-corrected chi connectivity index (χ0v) is 21.1. The Morgan fingerprint density at radius 3 is 2.46 bits per heavy atom. The van der Waals surface area contributed by atoms with E-state index < -0.39 is 40.6 Å². The summed E-state index contributed by atoms with van der Waals surface area (Å²) < 4.78 is 66.3. The highest BCUT2D eigenvalue weighted by atomic mass is 35.5. The van der Waals surface area contributed by atoms with Gasteiger partial charge in [0.05, 0.1) is 45.3 Å². The first-order valence-corrected chi connectivity index (χ1v) is 12.3. The molecule has 4 rings (SSSR count). The van der Waals surface area contributed by atoms with Crippen LogP contribution in [0.3, 0.4) is 0 Å². The number of fused-ring (bicyclic) bond motifs is 1. The molecular formula is C24H16Cl2F3N4O3S-. The van der Waals surface area contributed by atoms with Gasteiger partial charge in [-0.2, -0.15) is 13.2 Å². The van der Waals surface area contributed by atoms with Gasteiger partial charge < -0.3 is 9.87 Å². The molecule has 0 saturated heterocycles. The van der Waals surface area contributed by atoms with Crippen molar-refractivity contribution in [2.75, 3.05) is 4.31 Å². The van der Waals surface area contributed by atoms with Gasteiger partial charge in [0, 0.05) is 22.4 Å². The molecule has 13 heteroatoms. The second-order valence-electron chi connectivity index (χ2n) is 7.80. The van der Waals surface area contributed by atoms with Gasteiger partial charge in [-0.3, -0.25) is 23.3 Å². The third kappa shape index (κ3) is 5.69. The van der Waals surface area contributed by atoms with E-state index >= 15 is 0 Å². The molecule has 7 nitrogen and oxygen atoms in total. The van der Waals surface area contributed by atoms with Crippen LogP contribution in [-0.2, 0) is 17.4 Å². The topological polar surface area (TPSA) is 98.2 Å². The molecule has 37 heavy (non-hydrogen) atoms. The quantitative estimate of drug-likeness (QED) is 0.272. The zero-order valence-electron chi connectivity index (χ0n) is 18.8. The minimum Gasteiger partial charge on any atom is -0.755 e. The number of alkyl halides is 3. The zero-order chi connectivity index (χ0) is 26.9. The summed E-state index contributed by atoms with van der Waals surface area (Å²) in [6.45, 7) is 1.61. The number of carbonyl (C=O) groups excluding carboxylic acids is 1. The van der Waals surface area contributed by atoms with E-state index in [-0.39, 0.29) is 21.8 Å². The monoisotopic (exact) mass is 567 g/mol. The lowest BCUT2D eigenvalue weighted by Gasteiger charge is -2.29. The minimum atomic E-state index is -4.80. The number of benzene rings is 3. The average Bonchev–Trinajstić information content (AvgIpc) is 2.83. The molecule has 0 bridgehead atoms. The third-order valence-corrected chi connectivity index (χ3v) is 6.66. The predicted molar refractivity (Wildman–Crippen MR) is 134 cm³/mol. The Balaban J connectivity index is 1.84. The van der Waals surface area contributed by atoms with Crippen molar-refractivity contribution in [3.8, 4) is 0 Å². The largest absolute Gasteiger partial charge is 0.755 e. The number of rotatable bonds is 6. The summed E-state index contributed by atoms with van der Waals surface area (Å²) in [5, 5.41) is 3.30. The van der Waals surface area contributed by atoms with Crippen LogP contribution < -0.4 is 9.62 Å². The van der Waals surface area contributed by atoms with Crippen LogP contribution in [0.15, 0.2) is 67.0 Å². The van der Waals surface area contributed by atoms with Crippen LogP contribution in [0.1, 0.15) is 34.5 Å². The second-order valence-corrected chi connectivity index (χ2v) is 9.45. The highest BCUT2D eigenvalue weighted by Gasteiger charge is 2.33. The number of hydrogen-bond donors (Lipinski definition) is 1. The Kier molecular flexibility index (Phi) is 7.69. The fourth-order valence-corrected chi connectivity index (χ4v) is 4.90. The van der Waals surface area contributed by atoms with Gasteiger partial charge in [-0.15, -0.1) is 0 Å². The third-order valence-electron chi connectivity index (χ3n) is 5.41. The van der Waals surface area contributed by atoms with E-state index in [1.807, 2.05) is 0 Å². The molecule has 4 aromatic rings. The molecule has 2 unspecified atom stereocenters.